The highest BCUT2D eigenvalue weighted by atomic mass is 35.5. The summed E-state index contributed by atoms with van der Waals surface area (Å²) < 4.78 is 5.80. The molecule has 2 nitrogen and oxygen atoms in total. The van der Waals surface area contributed by atoms with E-state index >= 15 is 0 Å². The van der Waals surface area contributed by atoms with E-state index in [1.54, 1.807) is 0 Å². The number of halogens is 1. The van der Waals surface area contributed by atoms with Crippen LogP contribution < -0.4 is 10.5 Å². The first-order chi connectivity index (χ1) is 8.58. The molecule has 2 aromatic carbocycles. The summed E-state index contributed by atoms with van der Waals surface area (Å²) in [6.07, 6.45) is 0. The summed E-state index contributed by atoms with van der Waals surface area (Å²) in [5, 5.41) is 0.577. The van der Waals surface area contributed by atoms with E-state index in [0.29, 0.717) is 10.8 Å². The maximum Gasteiger partial charge on any atom is 0.146 e. The Labute approximate surface area is 112 Å². The first kappa shape index (κ1) is 12.9. The first-order valence-corrected chi connectivity index (χ1v) is 6.24. The van der Waals surface area contributed by atoms with E-state index in [-0.39, 0.29) is 6.04 Å². The Kier molecular flexibility index (Phi) is 3.90. The smallest absolute Gasteiger partial charge is 0.146 e. The number of nitrogens with two attached hydrogens (primary N) is 1. The summed E-state index contributed by atoms with van der Waals surface area (Å²) in [5.41, 5.74) is 7.88. The molecule has 94 valence electrons. The largest absolute Gasteiger partial charge is 0.456 e. The van der Waals surface area contributed by atoms with Crippen molar-refractivity contribution in [2.24, 2.45) is 5.73 Å². The lowest BCUT2D eigenvalue weighted by Crippen LogP contribution is -2.04. The van der Waals surface area contributed by atoms with Crippen molar-refractivity contribution in [1.29, 1.82) is 0 Å². The predicted molar refractivity (Wildman–Crippen MR) is 75.3 cm³/mol. The number of hydrogen-bond acceptors (Lipinski definition) is 2. The van der Waals surface area contributed by atoms with Gasteiger partial charge in [0.15, 0.2) is 0 Å². The van der Waals surface area contributed by atoms with Crippen LogP contribution in [0.3, 0.4) is 0 Å². The third-order valence-electron chi connectivity index (χ3n) is 2.80. The second-order valence-corrected chi connectivity index (χ2v) is 4.75. The highest BCUT2D eigenvalue weighted by Gasteiger charge is 2.07. The summed E-state index contributed by atoms with van der Waals surface area (Å²) in [5.74, 6) is 1.46. The molecule has 1 atom stereocenters. The molecule has 2 aromatic rings. The van der Waals surface area contributed by atoms with Crippen LogP contribution >= 0.6 is 11.6 Å². The summed E-state index contributed by atoms with van der Waals surface area (Å²) >= 11 is 6.20. The van der Waals surface area contributed by atoms with Gasteiger partial charge in [-0.15, -0.1) is 0 Å². The molecule has 0 bridgehead atoms. The van der Waals surface area contributed by atoms with E-state index in [1.165, 1.54) is 0 Å². The van der Waals surface area contributed by atoms with Gasteiger partial charge in [0.05, 0.1) is 5.02 Å². The summed E-state index contributed by atoms with van der Waals surface area (Å²) in [6.45, 7) is 3.92. The molecule has 3 heteroatoms. The zero-order valence-corrected chi connectivity index (χ0v) is 11.2. The first-order valence-electron chi connectivity index (χ1n) is 5.86. The van der Waals surface area contributed by atoms with Gasteiger partial charge in [0, 0.05) is 6.04 Å². The molecule has 0 spiro atoms. The molecule has 2 N–H and O–H groups in total. The van der Waals surface area contributed by atoms with Crippen LogP contribution in [0.1, 0.15) is 24.1 Å². The van der Waals surface area contributed by atoms with E-state index in [1.807, 2.05) is 56.3 Å². The van der Waals surface area contributed by atoms with Crippen LogP contribution in [0.2, 0.25) is 5.02 Å². The van der Waals surface area contributed by atoms with E-state index < -0.39 is 0 Å². The third kappa shape index (κ3) is 2.84. The Bertz CT molecular complexity index is 552. The van der Waals surface area contributed by atoms with Crippen LogP contribution in [0.5, 0.6) is 11.5 Å². The fraction of sp³-hybridized carbons (Fsp3) is 0.200. The van der Waals surface area contributed by atoms with Gasteiger partial charge in [-0.1, -0.05) is 35.9 Å². The van der Waals surface area contributed by atoms with Crippen LogP contribution in [0.4, 0.5) is 0 Å². The fourth-order valence-electron chi connectivity index (χ4n) is 1.67. The van der Waals surface area contributed by atoms with Crippen LogP contribution in [0.25, 0.3) is 0 Å². The Morgan fingerprint density at radius 2 is 1.83 bits per heavy atom. The fourth-order valence-corrected chi connectivity index (χ4v) is 1.90. The van der Waals surface area contributed by atoms with Gasteiger partial charge in [-0.3, -0.25) is 0 Å². The topological polar surface area (TPSA) is 35.2 Å². The molecule has 0 saturated heterocycles. The van der Waals surface area contributed by atoms with Crippen molar-refractivity contribution in [3.63, 3.8) is 0 Å². The second-order valence-electron chi connectivity index (χ2n) is 4.35. The molecule has 1 unspecified atom stereocenters. The lowest BCUT2D eigenvalue weighted by molar-refractivity contribution is 0.479. The lowest BCUT2D eigenvalue weighted by atomic mass is 10.1. The average Bonchev–Trinajstić information content (AvgIpc) is 2.34. The van der Waals surface area contributed by atoms with Gasteiger partial charge in [-0.2, -0.15) is 0 Å². The molecule has 0 saturated carbocycles. The quantitative estimate of drug-likeness (QED) is 0.885. The van der Waals surface area contributed by atoms with Gasteiger partial charge in [0.25, 0.3) is 0 Å². The molecule has 0 amide bonds. The van der Waals surface area contributed by atoms with Gasteiger partial charge in [0.2, 0.25) is 0 Å². The van der Waals surface area contributed by atoms with Crippen LogP contribution in [-0.4, -0.2) is 0 Å². The second kappa shape index (κ2) is 5.42. The molecule has 0 aliphatic carbocycles. The highest BCUT2D eigenvalue weighted by molar-refractivity contribution is 6.32. The maximum absolute atomic E-state index is 6.20. The molecule has 0 aliphatic rings. The predicted octanol–water partition coefficient (Wildman–Crippen LogP) is 4.46. The Balaban J connectivity index is 2.28. The van der Waals surface area contributed by atoms with Crippen LogP contribution in [0, 0.1) is 6.92 Å². The normalized spacial score (nSPS) is 12.2. The molecular weight excluding hydrogens is 246 g/mol. The average molecular weight is 262 g/mol. The van der Waals surface area contributed by atoms with Crippen molar-refractivity contribution >= 4 is 11.6 Å². The minimum atomic E-state index is -0.0324. The third-order valence-corrected chi connectivity index (χ3v) is 3.09. The monoisotopic (exact) mass is 261 g/mol. The zero-order valence-electron chi connectivity index (χ0n) is 10.5. The molecule has 0 aliphatic heterocycles. The number of rotatable bonds is 3. The van der Waals surface area contributed by atoms with Gasteiger partial charge in [-0.25, -0.2) is 0 Å². The Morgan fingerprint density at radius 1 is 1.11 bits per heavy atom. The number of para-hydroxylation sites is 1. The Morgan fingerprint density at radius 3 is 2.44 bits per heavy atom. The van der Waals surface area contributed by atoms with E-state index in [2.05, 4.69) is 0 Å². The van der Waals surface area contributed by atoms with Crippen molar-refractivity contribution in [1.82, 2.24) is 0 Å². The van der Waals surface area contributed by atoms with Crippen molar-refractivity contribution in [2.45, 2.75) is 19.9 Å². The summed E-state index contributed by atoms with van der Waals surface area (Å²) in [4.78, 5) is 0. The molecule has 18 heavy (non-hydrogen) atoms. The van der Waals surface area contributed by atoms with E-state index in [9.17, 15) is 0 Å². The van der Waals surface area contributed by atoms with Gasteiger partial charge in [-0.05, 0) is 43.2 Å². The molecule has 0 radical (unpaired) electrons. The molecule has 0 fully saturated rings. The van der Waals surface area contributed by atoms with Crippen LogP contribution in [-0.2, 0) is 0 Å². The standard InChI is InChI=1S/C15H16ClNO/c1-10-5-3-4-6-14(10)18-15-8-7-12(11(2)17)9-13(15)16/h3-9,11H,17H2,1-2H3. The van der Waals surface area contributed by atoms with Gasteiger partial charge >= 0.3 is 0 Å². The lowest BCUT2D eigenvalue weighted by Gasteiger charge is -2.12. The molecule has 0 heterocycles. The molecule has 2 rings (SSSR count). The minimum Gasteiger partial charge on any atom is -0.456 e. The van der Waals surface area contributed by atoms with Gasteiger partial charge < -0.3 is 10.5 Å². The molecular formula is C15H16ClNO. The van der Waals surface area contributed by atoms with Crippen LogP contribution in [0.15, 0.2) is 42.5 Å². The number of ether oxygens (including phenoxy) is 1. The maximum atomic E-state index is 6.20. The molecule has 0 aromatic heterocycles. The minimum absolute atomic E-state index is 0.0324. The Hall–Kier alpha value is -1.51. The number of aryl methyl sites for hydroxylation is 1. The van der Waals surface area contributed by atoms with Crippen molar-refractivity contribution < 1.29 is 4.74 Å². The SMILES string of the molecule is Cc1ccccc1Oc1ccc(C(C)N)cc1Cl. The number of hydrogen-bond donors (Lipinski definition) is 1. The van der Waals surface area contributed by atoms with Crippen molar-refractivity contribution in [2.75, 3.05) is 0 Å². The summed E-state index contributed by atoms with van der Waals surface area (Å²) in [6, 6.07) is 13.4. The van der Waals surface area contributed by atoms with Crippen molar-refractivity contribution in [3.05, 3.63) is 58.6 Å². The zero-order chi connectivity index (χ0) is 13.1. The highest BCUT2D eigenvalue weighted by Crippen LogP contribution is 2.32. The van der Waals surface area contributed by atoms with Crippen molar-refractivity contribution in [3.8, 4) is 11.5 Å². The van der Waals surface area contributed by atoms with E-state index in [0.717, 1.165) is 16.9 Å². The van der Waals surface area contributed by atoms with E-state index in [4.69, 9.17) is 22.1 Å². The summed E-state index contributed by atoms with van der Waals surface area (Å²) in [7, 11) is 0. The van der Waals surface area contributed by atoms with Gasteiger partial charge in [0.1, 0.15) is 11.5 Å². The number of benzene rings is 2.